The molecule has 2 aromatic heterocycles. The molecule has 0 aliphatic rings. The predicted molar refractivity (Wildman–Crippen MR) is 50.6 cm³/mol. The first kappa shape index (κ1) is 7.57. The molecular weight excluding hydrogens is 294 g/mol. The first-order valence-electron chi connectivity index (χ1n) is 2.70. The number of fused-ring (bicyclic) bond motifs is 1. The Kier molecular flexibility index (Phi) is 1.90. The summed E-state index contributed by atoms with van der Waals surface area (Å²) in [6.07, 6.45) is 1.63. The lowest BCUT2D eigenvalue weighted by Crippen LogP contribution is -1.79. The first-order chi connectivity index (χ1) is 5.25. The van der Waals surface area contributed by atoms with Crippen LogP contribution >= 0.6 is 43.2 Å². The molecule has 0 aliphatic heterocycles. The van der Waals surface area contributed by atoms with Crippen LogP contribution in [0.1, 0.15) is 0 Å². The zero-order valence-corrected chi connectivity index (χ0v) is 9.07. The molecule has 0 amide bonds. The average Bonchev–Trinajstić information content (AvgIpc) is 2.27. The van der Waals surface area contributed by atoms with E-state index in [1.54, 1.807) is 6.20 Å². The summed E-state index contributed by atoms with van der Waals surface area (Å²) in [5.41, 5.74) is 0.685. The van der Waals surface area contributed by atoms with Crippen LogP contribution in [0.25, 0.3) is 10.5 Å². The lowest BCUT2D eigenvalue weighted by molar-refractivity contribution is 1.22. The van der Waals surface area contributed by atoms with Crippen LogP contribution in [0.15, 0.2) is 14.7 Å². The standard InChI is InChI=1S/C5HBr2N3S/c6-2-1-8-3-4(9-2)11-5(7)10-3/h1H. The van der Waals surface area contributed by atoms with E-state index in [1.807, 2.05) is 0 Å². The van der Waals surface area contributed by atoms with Crippen molar-refractivity contribution < 1.29 is 0 Å². The summed E-state index contributed by atoms with van der Waals surface area (Å²) in [5, 5.41) is 0. The van der Waals surface area contributed by atoms with Crippen molar-refractivity contribution in [1.29, 1.82) is 0 Å². The van der Waals surface area contributed by atoms with Crippen LogP contribution in [-0.2, 0) is 0 Å². The minimum atomic E-state index is 0.685. The van der Waals surface area contributed by atoms with Gasteiger partial charge in [-0.15, -0.1) is 0 Å². The van der Waals surface area contributed by atoms with Crippen LogP contribution in [0.5, 0.6) is 0 Å². The number of hydrogen-bond donors (Lipinski definition) is 0. The predicted octanol–water partition coefficient (Wildman–Crippen LogP) is 2.61. The number of halogens is 2. The summed E-state index contributed by atoms with van der Waals surface area (Å²) >= 11 is 7.96. The molecule has 2 rings (SSSR count). The van der Waals surface area contributed by atoms with Crippen molar-refractivity contribution in [1.82, 2.24) is 15.0 Å². The van der Waals surface area contributed by atoms with Crippen LogP contribution in [0.3, 0.4) is 0 Å². The SMILES string of the molecule is Brc1cnc2nc(Br)sc2n1. The van der Waals surface area contributed by atoms with Gasteiger partial charge in [-0.1, -0.05) is 11.3 Å². The maximum absolute atomic E-state index is 4.18. The monoisotopic (exact) mass is 293 g/mol. The molecular formula is C5HBr2N3S. The molecule has 0 spiro atoms. The van der Waals surface area contributed by atoms with Gasteiger partial charge in [0.1, 0.15) is 4.60 Å². The van der Waals surface area contributed by atoms with E-state index in [1.165, 1.54) is 11.3 Å². The molecule has 0 atom stereocenters. The van der Waals surface area contributed by atoms with Crippen molar-refractivity contribution in [2.24, 2.45) is 0 Å². The molecule has 0 aromatic carbocycles. The van der Waals surface area contributed by atoms with Crippen LogP contribution in [0.4, 0.5) is 0 Å². The quantitative estimate of drug-likeness (QED) is 0.750. The fourth-order valence-electron chi connectivity index (χ4n) is 0.677. The van der Waals surface area contributed by atoms with E-state index in [4.69, 9.17) is 0 Å². The maximum Gasteiger partial charge on any atom is 0.190 e. The molecule has 2 aromatic rings. The summed E-state index contributed by atoms with van der Waals surface area (Å²) in [7, 11) is 0. The third-order valence-electron chi connectivity index (χ3n) is 1.07. The van der Waals surface area contributed by atoms with E-state index in [2.05, 4.69) is 46.8 Å². The van der Waals surface area contributed by atoms with Gasteiger partial charge in [0.25, 0.3) is 0 Å². The number of hydrogen-bond acceptors (Lipinski definition) is 4. The molecule has 6 heteroatoms. The third-order valence-corrected chi connectivity index (χ3v) is 2.84. The normalized spacial score (nSPS) is 10.7. The van der Waals surface area contributed by atoms with Crippen molar-refractivity contribution >= 4 is 53.7 Å². The average molecular weight is 295 g/mol. The highest BCUT2D eigenvalue weighted by atomic mass is 79.9. The summed E-state index contributed by atoms with van der Waals surface area (Å²) in [5.74, 6) is 0. The van der Waals surface area contributed by atoms with Crippen molar-refractivity contribution in [3.8, 4) is 0 Å². The van der Waals surface area contributed by atoms with Crippen molar-refractivity contribution in [3.63, 3.8) is 0 Å². The number of aromatic nitrogens is 3. The molecule has 0 unspecified atom stereocenters. The highest BCUT2D eigenvalue weighted by Crippen LogP contribution is 2.23. The summed E-state index contributed by atoms with van der Waals surface area (Å²) < 4.78 is 1.55. The Bertz CT molecular complexity index is 400. The first-order valence-corrected chi connectivity index (χ1v) is 5.10. The molecule has 0 bridgehead atoms. The van der Waals surface area contributed by atoms with Crippen molar-refractivity contribution in [3.05, 3.63) is 14.7 Å². The molecule has 2 heterocycles. The Balaban J connectivity index is 2.82. The Labute approximate surface area is 83.1 Å². The van der Waals surface area contributed by atoms with E-state index in [9.17, 15) is 0 Å². The second-order valence-corrected chi connectivity index (χ2v) is 4.85. The van der Waals surface area contributed by atoms with Gasteiger partial charge in [-0.3, -0.25) is 0 Å². The molecule has 11 heavy (non-hydrogen) atoms. The second-order valence-electron chi connectivity index (χ2n) is 1.79. The Morgan fingerprint density at radius 3 is 2.91 bits per heavy atom. The van der Waals surface area contributed by atoms with E-state index in [0.717, 1.165) is 13.4 Å². The molecule has 0 saturated carbocycles. The van der Waals surface area contributed by atoms with Gasteiger partial charge in [-0.25, -0.2) is 15.0 Å². The minimum absolute atomic E-state index is 0.685. The highest BCUT2D eigenvalue weighted by molar-refractivity contribution is 9.11. The fraction of sp³-hybridized carbons (Fsp3) is 0. The topological polar surface area (TPSA) is 38.7 Å². The van der Waals surface area contributed by atoms with Gasteiger partial charge in [0, 0.05) is 0 Å². The van der Waals surface area contributed by atoms with Crippen LogP contribution in [0, 0.1) is 0 Å². The molecule has 0 radical (unpaired) electrons. The summed E-state index contributed by atoms with van der Waals surface area (Å²) in [6.45, 7) is 0. The van der Waals surface area contributed by atoms with Crippen LogP contribution in [0.2, 0.25) is 0 Å². The second kappa shape index (κ2) is 2.76. The zero-order chi connectivity index (χ0) is 7.84. The van der Waals surface area contributed by atoms with E-state index >= 15 is 0 Å². The van der Waals surface area contributed by atoms with Gasteiger partial charge in [0.05, 0.1) is 6.20 Å². The van der Waals surface area contributed by atoms with Crippen LogP contribution in [-0.4, -0.2) is 15.0 Å². The van der Waals surface area contributed by atoms with Gasteiger partial charge >= 0.3 is 0 Å². The summed E-state index contributed by atoms with van der Waals surface area (Å²) in [4.78, 5) is 13.2. The molecule has 0 aliphatic carbocycles. The third kappa shape index (κ3) is 1.43. The fourth-order valence-corrected chi connectivity index (χ4v) is 2.33. The largest absolute Gasteiger partial charge is 0.232 e. The molecule has 0 saturated heterocycles. The van der Waals surface area contributed by atoms with E-state index in [0.29, 0.717) is 5.65 Å². The van der Waals surface area contributed by atoms with Crippen molar-refractivity contribution in [2.75, 3.05) is 0 Å². The molecule has 3 nitrogen and oxygen atoms in total. The lowest BCUT2D eigenvalue weighted by atomic mass is 10.7. The zero-order valence-electron chi connectivity index (χ0n) is 5.08. The van der Waals surface area contributed by atoms with Gasteiger partial charge in [-0.05, 0) is 31.9 Å². The van der Waals surface area contributed by atoms with E-state index < -0.39 is 0 Å². The Hall–Kier alpha value is -0.0700. The summed E-state index contributed by atoms with van der Waals surface area (Å²) in [6, 6.07) is 0. The Morgan fingerprint density at radius 1 is 1.27 bits per heavy atom. The molecule has 0 fully saturated rings. The number of nitrogens with zero attached hydrogens (tertiary/aromatic N) is 3. The number of rotatable bonds is 0. The minimum Gasteiger partial charge on any atom is -0.232 e. The molecule has 0 N–H and O–H groups in total. The van der Waals surface area contributed by atoms with Crippen molar-refractivity contribution in [2.45, 2.75) is 0 Å². The van der Waals surface area contributed by atoms with Crippen LogP contribution < -0.4 is 0 Å². The maximum atomic E-state index is 4.18. The Morgan fingerprint density at radius 2 is 2.09 bits per heavy atom. The number of thiazole rings is 1. The molecule has 56 valence electrons. The van der Waals surface area contributed by atoms with Gasteiger partial charge in [-0.2, -0.15) is 0 Å². The lowest BCUT2D eigenvalue weighted by Gasteiger charge is -1.85. The van der Waals surface area contributed by atoms with E-state index in [-0.39, 0.29) is 0 Å². The highest BCUT2D eigenvalue weighted by Gasteiger charge is 2.03. The van der Waals surface area contributed by atoms with Gasteiger partial charge in [0.2, 0.25) is 0 Å². The van der Waals surface area contributed by atoms with Gasteiger partial charge in [0.15, 0.2) is 14.4 Å². The smallest absolute Gasteiger partial charge is 0.190 e. The van der Waals surface area contributed by atoms with Gasteiger partial charge < -0.3 is 0 Å².